The molecular formula is C14H23N3O3S. The molecule has 0 unspecified atom stereocenters. The van der Waals surface area contributed by atoms with Gasteiger partial charge >= 0.3 is 6.03 Å². The summed E-state index contributed by atoms with van der Waals surface area (Å²) >= 11 is 0. The third-order valence-corrected chi connectivity index (χ3v) is 3.89. The molecule has 0 saturated carbocycles. The van der Waals surface area contributed by atoms with Gasteiger partial charge in [-0.25, -0.2) is 18.4 Å². The van der Waals surface area contributed by atoms with Gasteiger partial charge in [0.05, 0.1) is 4.90 Å². The number of hydrogen-bond acceptors (Lipinski definition) is 3. The summed E-state index contributed by atoms with van der Waals surface area (Å²) in [7, 11) is -3.65. The molecule has 6 nitrogen and oxygen atoms in total. The second-order valence-corrected chi connectivity index (χ2v) is 6.87. The Labute approximate surface area is 126 Å². The van der Waals surface area contributed by atoms with Gasteiger partial charge in [0.2, 0.25) is 10.0 Å². The third-order valence-electron chi connectivity index (χ3n) is 2.96. The van der Waals surface area contributed by atoms with Crippen molar-refractivity contribution in [2.45, 2.75) is 31.6 Å². The van der Waals surface area contributed by atoms with Gasteiger partial charge in [-0.1, -0.05) is 26.0 Å². The van der Waals surface area contributed by atoms with E-state index in [1.807, 2.05) is 0 Å². The highest BCUT2D eigenvalue weighted by Gasteiger charge is 2.06. The number of carbonyl (C=O) groups is 1. The van der Waals surface area contributed by atoms with Crippen LogP contribution in [-0.2, 0) is 16.4 Å². The van der Waals surface area contributed by atoms with Crippen LogP contribution in [0.1, 0.15) is 25.8 Å². The number of hydrogen-bond donors (Lipinski definition) is 3. The predicted octanol–water partition coefficient (Wildman–Crippen LogP) is 1.22. The number of sulfonamides is 1. The third kappa shape index (κ3) is 7.10. The number of nitrogens with one attached hydrogen (secondary N) is 2. The molecule has 0 aliphatic rings. The summed E-state index contributed by atoms with van der Waals surface area (Å²) < 4.78 is 22.2. The number of carbonyl (C=O) groups excluding carboxylic acids is 1. The number of nitrogens with two attached hydrogens (primary N) is 1. The van der Waals surface area contributed by atoms with Crippen LogP contribution in [0.2, 0.25) is 0 Å². The van der Waals surface area contributed by atoms with Crippen molar-refractivity contribution in [2.75, 3.05) is 13.1 Å². The molecule has 0 heterocycles. The average molecular weight is 313 g/mol. The molecule has 21 heavy (non-hydrogen) atoms. The Morgan fingerprint density at radius 2 is 1.71 bits per heavy atom. The number of amides is 2. The topological polar surface area (TPSA) is 101 Å². The summed E-state index contributed by atoms with van der Waals surface area (Å²) in [5.74, 6) is 0.558. The van der Waals surface area contributed by atoms with E-state index >= 15 is 0 Å². The fraction of sp³-hybridized carbons (Fsp3) is 0.500. The van der Waals surface area contributed by atoms with E-state index < -0.39 is 10.0 Å². The molecule has 0 fully saturated rings. The van der Waals surface area contributed by atoms with Gasteiger partial charge in [0.15, 0.2) is 0 Å². The molecule has 0 spiro atoms. The Balaban J connectivity index is 2.31. The van der Waals surface area contributed by atoms with Gasteiger partial charge in [-0.15, -0.1) is 0 Å². The Bertz CT molecular complexity index is 553. The molecule has 0 radical (unpaired) electrons. The highest BCUT2D eigenvalue weighted by Crippen LogP contribution is 2.08. The zero-order valence-electron chi connectivity index (χ0n) is 12.4. The van der Waals surface area contributed by atoms with E-state index in [0.717, 1.165) is 12.0 Å². The molecule has 118 valence electrons. The van der Waals surface area contributed by atoms with E-state index in [-0.39, 0.29) is 10.9 Å². The van der Waals surface area contributed by atoms with Crippen molar-refractivity contribution in [2.24, 2.45) is 11.1 Å². The minimum absolute atomic E-state index is 0.0886. The zero-order chi connectivity index (χ0) is 15.9. The Morgan fingerprint density at radius 1 is 1.14 bits per heavy atom. The number of rotatable bonds is 7. The summed E-state index contributed by atoms with van der Waals surface area (Å²) in [6.45, 7) is 5.35. The fourth-order valence-electron chi connectivity index (χ4n) is 1.70. The molecule has 0 aromatic heterocycles. The fourth-order valence-corrected chi connectivity index (χ4v) is 2.22. The minimum Gasteiger partial charge on any atom is -0.338 e. The lowest BCUT2D eigenvalue weighted by molar-refractivity contribution is 0.240. The van der Waals surface area contributed by atoms with Crippen LogP contribution in [0.15, 0.2) is 29.2 Å². The van der Waals surface area contributed by atoms with Gasteiger partial charge in [0.25, 0.3) is 0 Å². The van der Waals surface area contributed by atoms with Crippen molar-refractivity contribution in [3.8, 4) is 0 Å². The molecule has 1 aromatic carbocycles. The maximum atomic E-state index is 11.5. The molecule has 7 heteroatoms. The molecule has 1 aromatic rings. The number of benzene rings is 1. The summed E-state index contributed by atoms with van der Waals surface area (Å²) in [6.07, 6.45) is 1.57. The molecule has 0 atom stereocenters. The quantitative estimate of drug-likeness (QED) is 0.705. The van der Waals surface area contributed by atoms with Crippen molar-refractivity contribution in [3.05, 3.63) is 29.8 Å². The van der Waals surface area contributed by atoms with Crippen LogP contribution in [0.4, 0.5) is 4.79 Å². The van der Waals surface area contributed by atoms with Crippen LogP contribution in [0.3, 0.4) is 0 Å². The zero-order valence-corrected chi connectivity index (χ0v) is 13.2. The standard InChI is InChI=1S/C14H23N3O3S/c1-11(2)7-9-16-14(18)17-10-8-12-3-5-13(6-4-12)21(15,19)20/h3-6,11H,7-10H2,1-2H3,(H2,15,19,20)(H2,16,17,18). The lowest BCUT2D eigenvalue weighted by atomic mass is 10.1. The van der Waals surface area contributed by atoms with Gasteiger partial charge in [-0.05, 0) is 36.5 Å². The first kappa shape index (κ1) is 17.5. The molecule has 4 N–H and O–H groups in total. The van der Waals surface area contributed by atoms with Gasteiger partial charge in [-0.2, -0.15) is 0 Å². The van der Waals surface area contributed by atoms with Crippen LogP contribution < -0.4 is 15.8 Å². The lowest BCUT2D eigenvalue weighted by Crippen LogP contribution is -2.37. The van der Waals surface area contributed by atoms with Crippen molar-refractivity contribution in [1.82, 2.24) is 10.6 Å². The van der Waals surface area contributed by atoms with Gasteiger partial charge in [-0.3, -0.25) is 0 Å². The SMILES string of the molecule is CC(C)CCNC(=O)NCCc1ccc(S(N)(=O)=O)cc1. The molecule has 0 aliphatic carbocycles. The summed E-state index contributed by atoms with van der Waals surface area (Å²) in [6, 6.07) is 6.13. The van der Waals surface area contributed by atoms with Crippen molar-refractivity contribution >= 4 is 16.1 Å². The minimum atomic E-state index is -3.65. The van der Waals surface area contributed by atoms with E-state index in [2.05, 4.69) is 24.5 Å². The number of primary sulfonamides is 1. The van der Waals surface area contributed by atoms with Crippen molar-refractivity contribution < 1.29 is 13.2 Å². The molecule has 0 aliphatic heterocycles. The highest BCUT2D eigenvalue weighted by molar-refractivity contribution is 7.89. The molecule has 0 bridgehead atoms. The Hall–Kier alpha value is -1.60. The number of urea groups is 1. The van der Waals surface area contributed by atoms with Gasteiger partial charge in [0.1, 0.15) is 0 Å². The first-order valence-corrected chi connectivity index (χ1v) is 8.47. The molecule has 1 rings (SSSR count). The normalized spacial score (nSPS) is 11.4. The van der Waals surface area contributed by atoms with Crippen LogP contribution in [-0.4, -0.2) is 27.5 Å². The summed E-state index contributed by atoms with van der Waals surface area (Å²) in [4.78, 5) is 11.6. The maximum absolute atomic E-state index is 11.5. The first-order valence-electron chi connectivity index (χ1n) is 6.92. The summed E-state index contributed by atoms with van der Waals surface area (Å²) in [5, 5.41) is 10.6. The van der Waals surface area contributed by atoms with E-state index in [1.54, 1.807) is 12.1 Å². The van der Waals surface area contributed by atoms with Crippen LogP contribution in [0.5, 0.6) is 0 Å². The average Bonchev–Trinajstić information content (AvgIpc) is 2.38. The molecular weight excluding hydrogens is 290 g/mol. The van der Waals surface area contributed by atoms with E-state index in [0.29, 0.717) is 25.4 Å². The predicted molar refractivity (Wildman–Crippen MR) is 82.4 cm³/mol. The smallest absolute Gasteiger partial charge is 0.314 e. The highest BCUT2D eigenvalue weighted by atomic mass is 32.2. The van der Waals surface area contributed by atoms with Crippen molar-refractivity contribution in [3.63, 3.8) is 0 Å². The molecule has 0 saturated heterocycles. The van der Waals surface area contributed by atoms with E-state index in [1.165, 1.54) is 12.1 Å². The largest absolute Gasteiger partial charge is 0.338 e. The van der Waals surface area contributed by atoms with Gasteiger partial charge in [0, 0.05) is 13.1 Å². The summed E-state index contributed by atoms with van der Waals surface area (Å²) in [5.41, 5.74) is 0.935. The first-order chi connectivity index (χ1) is 9.79. The monoisotopic (exact) mass is 313 g/mol. The van der Waals surface area contributed by atoms with E-state index in [9.17, 15) is 13.2 Å². The van der Waals surface area contributed by atoms with Crippen LogP contribution in [0, 0.1) is 5.92 Å². The second-order valence-electron chi connectivity index (χ2n) is 5.30. The Morgan fingerprint density at radius 3 is 2.24 bits per heavy atom. The van der Waals surface area contributed by atoms with Crippen LogP contribution in [0.25, 0.3) is 0 Å². The van der Waals surface area contributed by atoms with Gasteiger partial charge < -0.3 is 10.6 Å². The molecule has 2 amide bonds. The Kier molecular flexibility index (Phi) is 6.64. The maximum Gasteiger partial charge on any atom is 0.314 e. The van der Waals surface area contributed by atoms with E-state index in [4.69, 9.17) is 5.14 Å². The van der Waals surface area contributed by atoms with Crippen LogP contribution >= 0.6 is 0 Å². The second kappa shape index (κ2) is 7.99. The van der Waals surface area contributed by atoms with Crippen molar-refractivity contribution in [1.29, 1.82) is 0 Å². The lowest BCUT2D eigenvalue weighted by Gasteiger charge is -2.09.